The normalized spacial score (nSPS) is 8.45. The minimum atomic E-state index is 0. The first-order valence-corrected chi connectivity index (χ1v) is 2.85. The number of aromatic nitrogens is 1. The first-order valence-electron chi connectivity index (χ1n) is 2.85. The van der Waals surface area contributed by atoms with Crippen molar-refractivity contribution >= 4 is 6.29 Å². The molecule has 1 aromatic rings. The van der Waals surface area contributed by atoms with Gasteiger partial charge in [-0.05, 0) is 18.6 Å². The van der Waals surface area contributed by atoms with Gasteiger partial charge in [-0.3, -0.25) is 4.79 Å². The maximum absolute atomic E-state index is 10.2. The smallest absolute Gasteiger partial charge is 0.168 e. The molecular weight excluding hydrogens is 233 g/mol. The van der Waals surface area contributed by atoms with Gasteiger partial charge in [0.15, 0.2) is 6.29 Å². The van der Waals surface area contributed by atoms with Crippen LogP contribution in [0.3, 0.4) is 0 Å². The van der Waals surface area contributed by atoms with E-state index < -0.39 is 0 Å². The number of carbonyl (C=O) groups is 1. The van der Waals surface area contributed by atoms with Crippen molar-refractivity contribution in [3.8, 4) is 5.75 Å². The van der Waals surface area contributed by atoms with E-state index in [2.05, 4.69) is 4.98 Å². The summed E-state index contributed by atoms with van der Waals surface area (Å²) in [7, 11) is 0. The number of aromatic hydroxyl groups is 1. The monoisotopic (exact) mass is 240 g/mol. The van der Waals surface area contributed by atoms with Gasteiger partial charge in [0.25, 0.3) is 0 Å². The van der Waals surface area contributed by atoms with Crippen LogP contribution in [-0.4, -0.2) is 16.4 Å². The number of hydrogen-bond acceptors (Lipinski definition) is 3. The molecule has 0 aliphatic heterocycles. The first kappa shape index (κ1) is 10.2. The maximum atomic E-state index is 10.2. The molecule has 0 aliphatic carbocycles. The second-order valence-corrected chi connectivity index (χ2v) is 2.01. The summed E-state index contributed by atoms with van der Waals surface area (Å²) >= 11 is 0. The zero-order valence-corrected chi connectivity index (χ0v) is 7.51. The van der Waals surface area contributed by atoms with E-state index in [9.17, 15) is 4.79 Å². The number of carbonyl (C=O) groups excluding carboxylic acids is 1. The summed E-state index contributed by atoms with van der Waals surface area (Å²) < 4.78 is 0. The summed E-state index contributed by atoms with van der Waals surface area (Å²) in [6, 6.07) is 1.50. The summed E-state index contributed by atoms with van der Waals surface area (Å²) in [5.74, 6) is 0.0862. The van der Waals surface area contributed by atoms with Crippen molar-refractivity contribution in [2.75, 3.05) is 0 Å². The molecule has 0 fully saturated rings. The summed E-state index contributed by atoms with van der Waals surface area (Å²) in [4.78, 5) is 13.9. The van der Waals surface area contributed by atoms with Crippen LogP contribution in [0.1, 0.15) is 16.1 Å². The largest absolute Gasteiger partial charge is 0.506 e. The van der Waals surface area contributed by atoms with Crippen molar-refractivity contribution in [1.82, 2.24) is 4.98 Å². The van der Waals surface area contributed by atoms with Crippen molar-refractivity contribution in [1.29, 1.82) is 0 Å². The fourth-order valence-electron chi connectivity index (χ4n) is 0.694. The van der Waals surface area contributed by atoms with Crippen molar-refractivity contribution in [3.63, 3.8) is 0 Å². The molecule has 0 bridgehead atoms. The summed E-state index contributed by atoms with van der Waals surface area (Å²) in [5.41, 5.74) is 1.06. The third-order valence-corrected chi connectivity index (χ3v) is 1.22. The van der Waals surface area contributed by atoms with E-state index in [4.69, 9.17) is 5.11 Å². The molecule has 1 rings (SSSR count). The molecule has 0 saturated carbocycles. The van der Waals surface area contributed by atoms with E-state index in [-0.39, 0.29) is 25.2 Å². The Morgan fingerprint density at radius 2 is 2.27 bits per heavy atom. The molecule has 3 nitrogen and oxygen atoms in total. The molecule has 1 radical (unpaired) electrons. The van der Waals surface area contributed by atoms with Crippen LogP contribution >= 0.6 is 0 Å². The van der Waals surface area contributed by atoms with Crippen LogP contribution in [0.5, 0.6) is 5.75 Å². The van der Waals surface area contributed by atoms with Crippen LogP contribution in [0.2, 0.25) is 0 Å². The predicted octanol–water partition coefficient (Wildman–Crippen LogP) is 0.906. The van der Waals surface area contributed by atoms with E-state index in [1.54, 1.807) is 6.92 Å². The molecule has 11 heavy (non-hydrogen) atoms. The molecule has 0 aliphatic rings. The minimum Gasteiger partial charge on any atom is -0.506 e. The Morgan fingerprint density at radius 3 is 2.73 bits per heavy atom. The molecule has 0 aromatic carbocycles. The van der Waals surface area contributed by atoms with Crippen molar-refractivity contribution in [2.24, 2.45) is 0 Å². The van der Waals surface area contributed by atoms with Gasteiger partial charge in [-0.1, -0.05) is 0 Å². The second-order valence-electron chi connectivity index (χ2n) is 2.01. The third kappa shape index (κ3) is 2.39. The second kappa shape index (κ2) is 4.19. The molecule has 0 atom stereocenters. The molecule has 0 amide bonds. The Kier molecular flexibility index (Phi) is 3.90. The molecular formula is C7H7NO2Rh. The van der Waals surface area contributed by atoms with E-state index >= 15 is 0 Å². The Hall–Kier alpha value is -0.757. The fourth-order valence-corrected chi connectivity index (χ4v) is 0.694. The SMILES string of the molecule is Cc1cc(O)cnc1C=O.[Rh]. The molecule has 0 unspecified atom stereocenters. The first-order chi connectivity index (χ1) is 4.74. The number of hydrogen-bond donors (Lipinski definition) is 1. The molecule has 1 heterocycles. The van der Waals surface area contributed by atoms with Crippen molar-refractivity contribution in [2.45, 2.75) is 6.92 Å². The zero-order chi connectivity index (χ0) is 7.56. The van der Waals surface area contributed by atoms with Crippen LogP contribution < -0.4 is 0 Å². The van der Waals surface area contributed by atoms with Crippen LogP contribution in [0, 0.1) is 6.92 Å². The maximum Gasteiger partial charge on any atom is 0.168 e. The van der Waals surface area contributed by atoms with Crippen LogP contribution in [0.15, 0.2) is 12.3 Å². The van der Waals surface area contributed by atoms with E-state index in [1.807, 2.05) is 0 Å². The average Bonchev–Trinajstić information content (AvgIpc) is 1.88. The minimum absolute atomic E-state index is 0. The van der Waals surface area contributed by atoms with Gasteiger partial charge in [0, 0.05) is 19.5 Å². The topological polar surface area (TPSA) is 50.2 Å². The van der Waals surface area contributed by atoms with Crippen molar-refractivity contribution < 1.29 is 29.4 Å². The van der Waals surface area contributed by atoms with Gasteiger partial charge < -0.3 is 5.11 Å². The standard InChI is InChI=1S/C7H7NO2.Rh/c1-5-2-6(10)3-8-7(5)4-9;/h2-4,10H,1H3;. The van der Waals surface area contributed by atoms with Gasteiger partial charge in [0.05, 0.1) is 6.20 Å². The number of aldehydes is 1. The van der Waals surface area contributed by atoms with Gasteiger partial charge in [0.2, 0.25) is 0 Å². The Balaban J connectivity index is 0.000001000. The average molecular weight is 240 g/mol. The summed E-state index contributed by atoms with van der Waals surface area (Å²) in [5, 5.41) is 8.85. The Bertz CT molecular complexity index is 263. The van der Waals surface area contributed by atoms with Gasteiger partial charge >= 0.3 is 0 Å². The molecule has 1 N–H and O–H groups in total. The van der Waals surface area contributed by atoms with Gasteiger partial charge in [0.1, 0.15) is 11.4 Å². The molecule has 0 spiro atoms. The molecule has 4 heteroatoms. The number of aryl methyl sites for hydroxylation is 1. The van der Waals surface area contributed by atoms with E-state index in [1.165, 1.54) is 12.3 Å². The van der Waals surface area contributed by atoms with Crippen LogP contribution in [0.25, 0.3) is 0 Å². The number of rotatable bonds is 1. The van der Waals surface area contributed by atoms with E-state index in [0.29, 0.717) is 17.5 Å². The van der Waals surface area contributed by atoms with E-state index in [0.717, 1.165) is 0 Å². The molecule has 1 aromatic heterocycles. The predicted molar refractivity (Wildman–Crippen MR) is 36.0 cm³/mol. The van der Waals surface area contributed by atoms with Crippen LogP contribution in [0.4, 0.5) is 0 Å². The quantitative estimate of drug-likeness (QED) is 0.586. The zero-order valence-electron chi connectivity index (χ0n) is 5.87. The Labute approximate surface area is 77.2 Å². The summed E-state index contributed by atoms with van der Waals surface area (Å²) in [6.45, 7) is 1.72. The summed E-state index contributed by atoms with van der Waals surface area (Å²) in [6.07, 6.45) is 1.91. The molecule has 61 valence electrons. The fraction of sp³-hybridized carbons (Fsp3) is 0.143. The van der Waals surface area contributed by atoms with Gasteiger partial charge in [-0.2, -0.15) is 0 Å². The number of pyridine rings is 1. The van der Waals surface area contributed by atoms with Gasteiger partial charge in [-0.25, -0.2) is 4.98 Å². The van der Waals surface area contributed by atoms with Gasteiger partial charge in [-0.15, -0.1) is 0 Å². The van der Waals surface area contributed by atoms with Crippen LogP contribution in [-0.2, 0) is 19.5 Å². The Morgan fingerprint density at radius 1 is 1.64 bits per heavy atom. The number of nitrogens with zero attached hydrogens (tertiary/aromatic N) is 1. The third-order valence-electron chi connectivity index (χ3n) is 1.22. The van der Waals surface area contributed by atoms with Crippen molar-refractivity contribution in [3.05, 3.63) is 23.5 Å². The molecule has 0 saturated heterocycles.